The largest absolute Gasteiger partial charge is 0.478 e. The van der Waals surface area contributed by atoms with Crippen molar-refractivity contribution in [3.8, 4) is 12.3 Å². The van der Waals surface area contributed by atoms with Crippen molar-refractivity contribution in [1.29, 1.82) is 0 Å². The molecule has 1 rings (SSSR count). The summed E-state index contributed by atoms with van der Waals surface area (Å²) in [4.78, 5) is 10.9. The van der Waals surface area contributed by atoms with Gasteiger partial charge in [-0.1, -0.05) is 18.1 Å². The van der Waals surface area contributed by atoms with Crippen LogP contribution in [0.5, 0.6) is 0 Å². The lowest BCUT2D eigenvalue weighted by molar-refractivity contribution is -0.0158. The molecule has 1 aromatic carbocycles. The minimum Gasteiger partial charge on any atom is -0.478 e. The number of ether oxygens (including phenoxy) is 4. The zero-order valence-electron chi connectivity index (χ0n) is 14.1. The zero-order valence-corrected chi connectivity index (χ0v) is 14.1. The van der Waals surface area contributed by atoms with Crippen LogP contribution in [0, 0.1) is 12.3 Å². The quantitative estimate of drug-likeness (QED) is 0.383. The lowest BCUT2D eigenvalue weighted by Crippen LogP contribution is -2.14. The Morgan fingerprint density at radius 2 is 1.64 bits per heavy atom. The van der Waals surface area contributed by atoms with Gasteiger partial charge in [-0.25, -0.2) is 4.79 Å². The van der Waals surface area contributed by atoms with Crippen LogP contribution in [-0.4, -0.2) is 69.0 Å². The third-order valence-corrected chi connectivity index (χ3v) is 3.10. The fourth-order valence-corrected chi connectivity index (χ4v) is 1.86. The number of carboxylic acids is 1. The number of hydrogen-bond donors (Lipinski definition) is 2. The fourth-order valence-electron chi connectivity index (χ4n) is 1.86. The molecule has 0 aliphatic rings. The van der Waals surface area contributed by atoms with Gasteiger partial charge in [-0.15, -0.1) is 6.42 Å². The third-order valence-electron chi connectivity index (χ3n) is 3.10. The van der Waals surface area contributed by atoms with Crippen LogP contribution in [0.3, 0.4) is 0 Å². The monoisotopic (exact) mass is 352 g/mol. The van der Waals surface area contributed by atoms with Gasteiger partial charge >= 0.3 is 5.97 Å². The first-order valence-electron chi connectivity index (χ1n) is 7.91. The summed E-state index contributed by atoms with van der Waals surface area (Å²) < 4.78 is 20.9. The molecular weight excluding hydrogens is 328 g/mol. The van der Waals surface area contributed by atoms with E-state index in [1.165, 1.54) is 12.1 Å². The van der Waals surface area contributed by atoms with E-state index >= 15 is 0 Å². The smallest absolute Gasteiger partial charge is 0.335 e. The van der Waals surface area contributed by atoms with E-state index in [0.717, 1.165) is 0 Å². The number of carboxylic acid groups (broad SMARTS) is 1. The summed E-state index contributed by atoms with van der Waals surface area (Å²) in [5, 5.41) is 18.9. The SMILES string of the molecule is C#CCOCCOCCOCCOCC(O)c1cccc(C(=O)O)c1. The highest BCUT2D eigenvalue weighted by Gasteiger charge is 2.10. The number of hydrogen-bond acceptors (Lipinski definition) is 6. The van der Waals surface area contributed by atoms with E-state index in [0.29, 0.717) is 45.2 Å². The molecule has 0 aliphatic heterocycles. The van der Waals surface area contributed by atoms with Crippen molar-refractivity contribution in [3.63, 3.8) is 0 Å². The van der Waals surface area contributed by atoms with Gasteiger partial charge in [-0.2, -0.15) is 0 Å². The van der Waals surface area contributed by atoms with Crippen molar-refractivity contribution < 1.29 is 34.0 Å². The predicted octanol–water partition coefficient (Wildman–Crippen LogP) is 1.12. The molecule has 0 saturated carbocycles. The van der Waals surface area contributed by atoms with Gasteiger partial charge in [-0.3, -0.25) is 0 Å². The Morgan fingerprint density at radius 3 is 2.24 bits per heavy atom. The van der Waals surface area contributed by atoms with Crippen LogP contribution in [0.4, 0.5) is 0 Å². The maximum atomic E-state index is 10.9. The van der Waals surface area contributed by atoms with Crippen LogP contribution in [0.25, 0.3) is 0 Å². The molecule has 0 heterocycles. The standard InChI is InChI=1S/C18H24O7/c1-2-6-22-7-8-23-9-10-24-11-12-25-14-17(19)15-4-3-5-16(13-15)18(20)21/h1,3-5,13,17,19H,6-12,14H2,(H,20,21). The molecule has 1 unspecified atom stereocenters. The molecule has 0 saturated heterocycles. The summed E-state index contributed by atoms with van der Waals surface area (Å²) in [5.41, 5.74) is 0.630. The molecular formula is C18H24O7. The van der Waals surface area contributed by atoms with Crippen LogP contribution in [0.15, 0.2) is 24.3 Å². The van der Waals surface area contributed by atoms with Gasteiger partial charge in [0, 0.05) is 0 Å². The number of aromatic carboxylic acids is 1. The van der Waals surface area contributed by atoms with Gasteiger partial charge in [0.1, 0.15) is 12.7 Å². The van der Waals surface area contributed by atoms with E-state index < -0.39 is 12.1 Å². The first kappa shape index (κ1) is 21.1. The lowest BCUT2D eigenvalue weighted by Gasteiger charge is -2.12. The van der Waals surface area contributed by atoms with Crippen molar-refractivity contribution in [1.82, 2.24) is 0 Å². The average molecular weight is 352 g/mol. The minimum absolute atomic E-state index is 0.0649. The van der Waals surface area contributed by atoms with Crippen LogP contribution in [0.2, 0.25) is 0 Å². The number of carbonyl (C=O) groups is 1. The molecule has 0 spiro atoms. The normalized spacial score (nSPS) is 11.8. The molecule has 0 fully saturated rings. The Kier molecular flexibility index (Phi) is 11.3. The Labute approximate surface area is 147 Å². The summed E-state index contributed by atoms with van der Waals surface area (Å²) in [6.07, 6.45) is 4.15. The highest BCUT2D eigenvalue weighted by atomic mass is 16.6. The average Bonchev–Trinajstić information content (AvgIpc) is 2.62. The second-order valence-corrected chi connectivity index (χ2v) is 5.00. The van der Waals surface area contributed by atoms with Crippen LogP contribution in [0.1, 0.15) is 22.0 Å². The lowest BCUT2D eigenvalue weighted by atomic mass is 10.1. The van der Waals surface area contributed by atoms with E-state index in [9.17, 15) is 9.90 Å². The highest BCUT2D eigenvalue weighted by Crippen LogP contribution is 2.15. The minimum atomic E-state index is -1.03. The number of aliphatic hydroxyl groups is 1. The second-order valence-electron chi connectivity index (χ2n) is 5.00. The number of terminal acetylenes is 1. The van der Waals surface area contributed by atoms with Gasteiger partial charge < -0.3 is 29.2 Å². The second kappa shape index (κ2) is 13.4. The summed E-state index contributed by atoms with van der Waals surface area (Å²) in [5.74, 6) is 1.33. The maximum Gasteiger partial charge on any atom is 0.335 e. The Balaban J connectivity index is 2.02. The summed E-state index contributed by atoms with van der Waals surface area (Å²) >= 11 is 0. The third kappa shape index (κ3) is 9.82. The van der Waals surface area contributed by atoms with Crippen molar-refractivity contribution in [2.75, 3.05) is 52.9 Å². The van der Waals surface area contributed by atoms with Crippen LogP contribution >= 0.6 is 0 Å². The highest BCUT2D eigenvalue weighted by molar-refractivity contribution is 5.87. The fraction of sp³-hybridized carbons (Fsp3) is 0.500. The molecule has 2 N–H and O–H groups in total. The maximum absolute atomic E-state index is 10.9. The van der Waals surface area contributed by atoms with E-state index in [4.69, 9.17) is 30.5 Å². The Bertz CT molecular complexity index is 538. The molecule has 25 heavy (non-hydrogen) atoms. The summed E-state index contributed by atoms with van der Waals surface area (Å²) in [7, 11) is 0. The Morgan fingerprint density at radius 1 is 1.04 bits per heavy atom. The molecule has 7 nitrogen and oxygen atoms in total. The first-order chi connectivity index (χ1) is 12.1. The molecule has 0 aromatic heterocycles. The van der Waals surface area contributed by atoms with Crippen LogP contribution in [-0.2, 0) is 18.9 Å². The molecule has 1 atom stereocenters. The Hall–Kier alpha value is -1.95. The summed E-state index contributed by atoms with van der Waals surface area (Å²) in [6.45, 7) is 2.84. The van der Waals surface area contributed by atoms with E-state index in [-0.39, 0.29) is 18.8 Å². The van der Waals surface area contributed by atoms with E-state index in [1.807, 2.05) is 0 Å². The van der Waals surface area contributed by atoms with Crippen molar-refractivity contribution >= 4 is 5.97 Å². The predicted molar refractivity (Wildman–Crippen MR) is 90.5 cm³/mol. The number of aliphatic hydroxyl groups excluding tert-OH is 1. The van der Waals surface area contributed by atoms with Crippen molar-refractivity contribution in [2.45, 2.75) is 6.10 Å². The van der Waals surface area contributed by atoms with Crippen molar-refractivity contribution in [2.24, 2.45) is 0 Å². The van der Waals surface area contributed by atoms with Gasteiger partial charge in [0.05, 0.1) is 51.8 Å². The number of rotatable bonds is 14. The molecule has 138 valence electrons. The van der Waals surface area contributed by atoms with Gasteiger partial charge in [-0.05, 0) is 17.7 Å². The molecule has 0 aliphatic carbocycles. The molecule has 1 aromatic rings. The summed E-state index contributed by atoms with van der Waals surface area (Å²) in [6, 6.07) is 6.14. The topological polar surface area (TPSA) is 94.5 Å². The zero-order chi connectivity index (χ0) is 18.3. The van der Waals surface area contributed by atoms with Crippen LogP contribution < -0.4 is 0 Å². The van der Waals surface area contributed by atoms with E-state index in [2.05, 4.69) is 5.92 Å². The van der Waals surface area contributed by atoms with Gasteiger partial charge in [0.25, 0.3) is 0 Å². The van der Waals surface area contributed by atoms with E-state index in [1.54, 1.807) is 12.1 Å². The molecule has 0 bridgehead atoms. The van der Waals surface area contributed by atoms with Gasteiger partial charge in [0.2, 0.25) is 0 Å². The molecule has 7 heteroatoms. The number of benzene rings is 1. The van der Waals surface area contributed by atoms with Crippen molar-refractivity contribution in [3.05, 3.63) is 35.4 Å². The molecule has 0 radical (unpaired) electrons. The first-order valence-corrected chi connectivity index (χ1v) is 7.91. The van der Waals surface area contributed by atoms with Gasteiger partial charge in [0.15, 0.2) is 0 Å². The molecule has 0 amide bonds.